The first-order chi connectivity index (χ1) is 12.4. The average Bonchev–Trinajstić information content (AvgIpc) is 2.93. The third-order valence-electron chi connectivity index (χ3n) is 3.28. The molecule has 10 heteroatoms. The summed E-state index contributed by atoms with van der Waals surface area (Å²) >= 11 is 7.80. The SMILES string of the molecule is N#Cc1c(SCC(=O)Nc2ccc(Cl)cc2F)sc2c(O)cc(=O)[nH]c12. The van der Waals surface area contributed by atoms with Crippen molar-refractivity contribution in [3.8, 4) is 11.8 Å². The van der Waals surface area contributed by atoms with Gasteiger partial charge in [0.2, 0.25) is 5.91 Å². The summed E-state index contributed by atoms with van der Waals surface area (Å²) < 4.78 is 14.5. The molecule has 0 aliphatic carbocycles. The fraction of sp³-hybridized carbons (Fsp3) is 0.0625. The van der Waals surface area contributed by atoms with Crippen molar-refractivity contribution in [3.05, 3.63) is 51.0 Å². The van der Waals surface area contributed by atoms with Crippen LogP contribution in [-0.4, -0.2) is 21.8 Å². The standard InChI is InChI=1S/C16H9ClFN3O3S2/c17-7-1-2-10(9(18)3-7)20-13(24)6-25-16-8(5-19)14-15(26-16)11(22)4-12(23)21-14/h1-4H,6H2,(H,20,24)(H2,21,22,23). The molecule has 3 N–H and O–H groups in total. The number of anilines is 1. The van der Waals surface area contributed by atoms with Crippen LogP contribution in [0.3, 0.4) is 0 Å². The van der Waals surface area contributed by atoms with E-state index in [2.05, 4.69) is 10.3 Å². The first-order valence-electron chi connectivity index (χ1n) is 7.05. The molecule has 0 bridgehead atoms. The first kappa shape index (κ1) is 18.3. The van der Waals surface area contributed by atoms with E-state index in [1.165, 1.54) is 12.1 Å². The lowest BCUT2D eigenvalue weighted by Crippen LogP contribution is -2.14. The molecule has 0 saturated heterocycles. The van der Waals surface area contributed by atoms with Gasteiger partial charge in [0.1, 0.15) is 23.2 Å². The predicted octanol–water partition coefficient (Wildman–Crippen LogP) is 3.69. The molecule has 26 heavy (non-hydrogen) atoms. The second-order valence-corrected chi connectivity index (χ2v) is 7.76. The number of carbonyl (C=O) groups is 1. The van der Waals surface area contributed by atoms with E-state index in [9.17, 15) is 24.3 Å². The number of nitriles is 1. The van der Waals surface area contributed by atoms with Gasteiger partial charge in [0, 0.05) is 11.1 Å². The highest BCUT2D eigenvalue weighted by Gasteiger charge is 2.18. The van der Waals surface area contributed by atoms with E-state index in [-0.39, 0.29) is 33.3 Å². The highest BCUT2D eigenvalue weighted by molar-refractivity contribution is 8.02. The fourth-order valence-electron chi connectivity index (χ4n) is 2.17. The number of nitrogens with zero attached hydrogens (tertiary/aromatic N) is 1. The molecule has 6 nitrogen and oxygen atoms in total. The van der Waals surface area contributed by atoms with E-state index in [1.54, 1.807) is 0 Å². The number of benzene rings is 1. The van der Waals surface area contributed by atoms with Crippen molar-refractivity contribution in [2.45, 2.75) is 4.21 Å². The molecule has 0 aliphatic heterocycles. The molecule has 0 fully saturated rings. The summed E-state index contributed by atoms with van der Waals surface area (Å²) in [6.07, 6.45) is 0. The zero-order valence-corrected chi connectivity index (χ0v) is 15.2. The topological polar surface area (TPSA) is 106 Å². The van der Waals surface area contributed by atoms with E-state index >= 15 is 0 Å². The van der Waals surface area contributed by atoms with Gasteiger partial charge in [0.15, 0.2) is 0 Å². The van der Waals surface area contributed by atoms with Gasteiger partial charge in [-0.25, -0.2) is 4.39 Å². The molecule has 0 aliphatic rings. The normalized spacial score (nSPS) is 10.7. The lowest BCUT2D eigenvalue weighted by atomic mass is 10.3. The third kappa shape index (κ3) is 3.67. The number of H-pyrrole nitrogens is 1. The molecule has 2 aromatic heterocycles. The highest BCUT2D eigenvalue weighted by Crippen LogP contribution is 2.39. The Morgan fingerprint density at radius 2 is 2.23 bits per heavy atom. The number of pyridine rings is 1. The van der Waals surface area contributed by atoms with E-state index < -0.39 is 17.3 Å². The van der Waals surface area contributed by atoms with E-state index in [0.29, 0.717) is 8.91 Å². The number of fused-ring (bicyclic) bond motifs is 1. The molecule has 3 aromatic rings. The van der Waals surface area contributed by atoms with Crippen molar-refractivity contribution in [2.24, 2.45) is 0 Å². The maximum absolute atomic E-state index is 13.7. The van der Waals surface area contributed by atoms with Gasteiger partial charge in [0.05, 0.1) is 25.9 Å². The van der Waals surface area contributed by atoms with Crippen LogP contribution in [0.1, 0.15) is 5.56 Å². The van der Waals surface area contributed by atoms with E-state index in [0.717, 1.165) is 35.2 Å². The average molecular weight is 410 g/mol. The Bertz CT molecular complexity index is 1120. The van der Waals surface area contributed by atoms with Crippen molar-refractivity contribution < 1.29 is 14.3 Å². The Morgan fingerprint density at radius 3 is 2.92 bits per heavy atom. The second kappa shape index (κ2) is 7.37. The van der Waals surface area contributed by atoms with E-state index in [1.807, 2.05) is 6.07 Å². The number of aromatic amines is 1. The molecule has 0 spiro atoms. The Labute approximate surface area is 159 Å². The molecular formula is C16H9ClFN3O3S2. The maximum atomic E-state index is 13.7. The summed E-state index contributed by atoms with van der Waals surface area (Å²) in [6.45, 7) is 0. The Balaban J connectivity index is 1.79. The van der Waals surface area contributed by atoms with Crippen LogP contribution in [0.2, 0.25) is 5.02 Å². The van der Waals surface area contributed by atoms with Crippen LogP contribution >= 0.6 is 34.7 Å². The molecule has 132 valence electrons. The van der Waals surface area contributed by atoms with Crippen LogP contribution in [-0.2, 0) is 4.79 Å². The van der Waals surface area contributed by atoms with Gasteiger partial charge in [-0.3, -0.25) is 9.59 Å². The number of thiophene rings is 1. The monoisotopic (exact) mass is 409 g/mol. The summed E-state index contributed by atoms with van der Waals surface area (Å²) in [7, 11) is 0. The molecule has 0 atom stereocenters. The van der Waals surface area contributed by atoms with Crippen LogP contribution in [0.15, 0.2) is 33.3 Å². The Kier molecular flexibility index (Phi) is 5.18. The molecule has 3 rings (SSSR count). The molecule has 0 unspecified atom stereocenters. The van der Waals surface area contributed by atoms with E-state index in [4.69, 9.17) is 11.6 Å². The third-order valence-corrected chi connectivity index (χ3v) is 5.99. The number of aromatic nitrogens is 1. The lowest BCUT2D eigenvalue weighted by molar-refractivity contribution is -0.113. The lowest BCUT2D eigenvalue weighted by Gasteiger charge is -2.06. The molecule has 0 saturated carbocycles. The van der Waals surface area contributed by atoms with Crippen molar-refractivity contribution in [1.29, 1.82) is 5.26 Å². The van der Waals surface area contributed by atoms with Crippen LogP contribution in [0, 0.1) is 17.1 Å². The van der Waals surface area contributed by atoms with Crippen LogP contribution in [0.25, 0.3) is 10.2 Å². The van der Waals surface area contributed by atoms with Crippen molar-refractivity contribution in [1.82, 2.24) is 4.98 Å². The van der Waals surface area contributed by atoms with Gasteiger partial charge in [-0.1, -0.05) is 11.6 Å². The van der Waals surface area contributed by atoms with Crippen molar-refractivity contribution in [2.75, 3.05) is 11.1 Å². The summed E-state index contributed by atoms with van der Waals surface area (Å²) in [5.74, 6) is -1.45. The minimum absolute atomic E-state index is 0.00109. The van der Waals surface area contributed by atoms with Crippen LogP contribution < -0.4 is 10.9 Å². The minimum Gasteiger partial charge on any atom is -0.506 e. The number of nitrogens with one attached hydrogen (secondary N) is 2. The summed E-state index contributed by atoms with van der Waals surface area (Å²) in [5, 5.41) is 21.8. The number of hydrogen-bond acceptors (Lipinski definition) is 6. The summed E-state index contributed by atoms with van der Waals surface area (Å²) in [5.41, 5.74) is -0.127. The Morgan fingerprint density at radius 1 is 1.46 bits per heavy atom. The summed E-state index contributed by atoms with van der Waals surface area (Å²) in [6, 6.07) is 6.87. The molecule has 1 aromatic carbocycles. The van der Waals surface area contributed by atoms with Gasteiger partial charge in [-0.05, 0) is 18.2 Å². The fourth-order valence-corrected chi connectivity index (χ4v) is 4.47. The molecule has 2 heterocycles. The zero-order chi connectivity index (χ0) is 18.8. The minimum atomic E-state index is -0.655. The number of halogens is 2. The zero-order valence-electron chi connectivity index (χ0n) is 12.8. The van der Waals surface area contributed by atoms with Gasteiger partial charge in [0.25, 0.3) is 5.56 Å². The summed E-state index contributed by atoms with van der Waals surface area (Å²) in [4.78, 5) is 26.0. The van der Waals surface area contributed by atoms with Crippen LogP contribution in [0.5, 0.6) is 5.75 Å². The highest BCUT2D eigenvalue weighted by atomic mass is 35.5. The first-order valence-corrected chi connectivity index (χ1v) is 9.23. The van der Waals surface area contributed by atoms with Gasteiger partial charge >= 0.3 is 0 Å². The molecular weight excluding hydrogens is 401 g/mol. The van der Waals surface area contributed by atoms with Crippen molar-refractivity contribution in [3.63, 3.8) is 0 Å². The second-order valence-electron chi connectivity index (χ2n) is 5.06. The number of rotatable bonds is 4. The quantitative estimate of drug-likeness (QED) is 0.570. The maximum Gasteiger partial charge on any atom is 0.252 e. The number of hydrogen-bond donors (Lipinski definition) is 3. The predicted molar refractivity (Wildman–Crippen MR) is 99.6 cm³/mol. The van der Waals surface area contributed by atoms with Crippen LogP contribution in [0.4, 0.5) is 10.1 Å². The smallest absolute Gasteiger partial charge is 0.252 e. The van der Waals surface area contributed by atoms with Gasteiger partial charge in [-0.15, -0.1) is 23.1 Å². The molecule has 1 amide bonds. The number of amides is 1. The number of aromatic hydroxyl groups is 1. The Hall–Kier alpha value is -2.54. The van der Waals surface area contributed by atoms with Crippen molar-refractivity contribution >= 4 is 56.5 Å². The largest absolute Gasteiger partial charge is 0.506 e. The number of thioether (sulfide) groups is 1. The van der Waals surface area contributed by atoms with Gasteiger partial charge in [-0.2, -0.15) is 5.26 Å². The number of carbonyl (C=O) groups excluding carboxylic acids is 1. The molecule has 0 radical (unpaired) electrons. The van der Waals surface area contributed by atoms with Gasteiger partial charge < -0.3 is 15.4 Å².